The molecule has 1 heterocycles. The van der Waals surface area contributed by atoms with Crippen molar-refractivity contribution >= 4 is 11.8 Å². The summed E-state index contributed by atoms with van der Waals surface area (Å²) in [5, 5.41) is 2.76. The summed E-state index contributed by atoms with van der Waals surface area (Å²) in [4.78, 5) is 25.9. The first-order valence-electron chi connectivity index (χ1n) is 5.88. The van der Waals surface area contributed by atoms with Crippen LogP contribution in [0, 0.1) is 18.3 Å². The summed E-state index contributed by atoms with van der Waals surface area (Å²) in [6, 6.07) is -0.413. The van der Waals surface area contributed by atoms with Gasteiger partial charge in [-0.3, -0.25) is 9.59 Å². The summed E-state index contributed by atoms with van der Waals surface area (Å²) < 4.78 is 0. The molecule has 0 radical (unpaired) electrons. The van der Waals surface area contributed by atoms with Crippen molar-refractivity contribution < 1.29 is 9.59 Å². The Bertz CT molecular complexity index is 366. The number of rotatable bonds is 3. The molecule has 0 bridgehead atoms. The maximum Gasteiger partial charge on any atom is 0.248 e. The van der Waals surface area contributed by atoms with Crippen LogP contribution < -0.4 is 5.32 Å². The smallest absolute Gasteiger partial charge is 0.248 e. The van der Waals surface area contributed by atoms with Crippen LogP contribution in [0.25, 0.3) is 0 Å². The Kier molecular flexibility index (Phi) is 3.82. The molecule has 1 saturated heterocycles. The zero-order valence-corrected chi connectivity index (χ0v) is 10.9. The lowest BCUT2D eigenvalue weighted by atomic mass is 9.91. The molecule has 0 aromatic carbocycles. The van der Waals surface area contributed by atoms with Gasteiger partial charge < -0.3 is 10.2 Å². The first-order valence-corrected chi connectivity index (χ1v) is 5.88. The van der Waals surface area contributed by atoms with Gasteiger partial charge in [0.15, 0.2) is 0 Å². The lowest BCUT2D eigenvalue weighted by Gasteiger charge is -2.44. The van der Waals surface area contributed by atoms with Crippen molar-refractivity contribution in [1.29, 1.82) is 0 Å². The zero-order chi connectivity index (χ0) is 13.2. The number of carbonyl (C=O) groups is 2. The van der Waals surface area contributed by atoms with Gasteiger partial charge in [0, 0.05) is 13.0 Å². The van der Waals surface area contributed by atoms with Crippen molar-refractivity contribution in [1.82, 2.24) is 10.2 Å². The van der Waals surface area contributed by atoms with E-state index in [1.54, 1.807) is 18.7 Å². The Morgan fingerprint density at radius 1 is 1.47 bits per heavy atom. The highest BCUT2D eigenvalue weighted by Gasteiger charge is 2.45. The topological polar surface area (TPSA) is 49.4 Å². The van der Waals surface area contributed by atoms with Crippen molar-refractivity contribution in [2.24, 2.45) is 5.92 Å². The van der Waals surface area contributed by atoms with Crippen molar-refractivity contribution in [2.45, 2.75) is 45.7 Å². The molecule has 1 aliphatic rings. The van der Waals surface area contributed by atoms with Gasteiger partial charge in [-0.15, -0.1) is 12.3 Å². The molecular formula is C13H20N2O2. The van der Waals surface area contributed by atoms with Crippen LogP contribution in [0.4, 0.5) is 0 Å². The fraction of sp³-hybridized carbons (Fsp3) is 0.692. The van der Waals surface area contributed by atoms with Crippen LogP contribution in [-0.4, -0.2) is 34.8 Å². The maximum atomic E-state index is 12.3. The standard InChI is InChI=1S/C13H20N2O2/c1-6-7-8-15-10(9(2)3)11(16)14-13(4,5)12(15)17/h1,9-10H,7-8H2,2-5H3,(H,14,16). The van der Waals surface area contributed by atoms with Crippen molar-refractivity contribution in [3.8, 4) is 12.3 Å². The first-order chi connectivity index (χ1) is 7.81. The molecule has 0 spiro atoms. The number of terminal acetylenes is 1. The van der Waals surface area contributed by atoms with E-state index in [4.69, 9.17) is 6.42 Å². The van der Waals surface area contributed by atoms with Gasteiger partial charge in [-0.25, -0.2) is 0 Å². The van der Waals surface area contributed by atoms with E-state index in [2.05, 4.69) is 11.2 Å². The molecule has 0 aromatic heterocycles. The predicted octanol–water partition coefficient (Wildman–Crippen LogP) is 0.771. The average molecular weight is 236 g/mol. The van der Waals surface area contributed by atoms with E-state index < -0.39 is 11.6 Å². The largest absolute Gasteiger partial charge is 0.340 e. The van der Waals surface area contributed by atoms with Crippen molar-refractivity contribution in [3.63, 3.8) is 0 Å². The van der Waals surface area contributed by atoms with Crippen LogP contribution in [0.15, 0.2) is 0 Å². The van der Waals surface area contributed by atoms with Gasteiger partial charge in [0.1, 0.15) is 11.6 Å². The molecule has 1 fully saturated rings. The Balaban J connectivity index is 3.01. The number of hydrogen-bond acceptors (Lipinski definition) is 2. The molecule has 1 N–H and O–H groups in total. The molecule has 4 nitrogen and oxygen atoms in total. The molecule has 4 heteroatoms. The SMILES string of the molecule is C#CCCN1C(=O)C(C)(C)NC(=O)C1C(C)C. The molecule has 0 aliphatic carbocycles. The number of nitrogens with zero attached hydrogens (tertiary/aromatic N) is 1. The highest BCUT2D eigenvalue weighted by atomic mass is 16.2. The number of hydrogen-bond donors (Lipinski definition) is 1. The van der Waals surface area contributed by atoms with Crippen LogP contribution >= 0.6 is 0 Å². The molecule has 1 rings (SSSR count). The minimum atomic E-state index is -0.836. The van der Waals surface area contributed by atoms with Crippen LogP contribution in [-0.2, 0) is 9.59 Å². The average Bonchev–Trinajstić information content (AvgIpc) is 2.19. The van der Waals surface area contributed by atoms with Gasteiger partial charge in [0.25, 0.3) is 0 Å². The Hall–Kier alpha value is -1.50. The lowest BCUT2D eigenvalue weighted by molar-refractivity contribution is -0.155. The van der Waals surface area contributed by atoms with Crippen molar-refractivity contribution in [2.75, 3.05) is 6.54 Å². The number of piperazine rings is 1. The molecule has 1 atom stereocenters. The third-order valence-electron chi connectivity index (χ3n) is 2.96. The second-order valence-corrected chi connectivity index (χ2v) is 5.26. The summed E-state index contributed by atoms with van der Waals surface area (Å²) in [5.41, 5.74) is -0.836. The molecule has 94 valence electrons. The van der Waals surface area contributed by atoms with Gasteiger partial charge in [-0.05, 0) is 19.8 Å². The summed E-state index contributed by atoms with van der Waals surface area (Å²) >= 11 is 0. The van der Waals surface area contributed by atoms with E-state index in [-0.39, 0.29) is 17.7 Å². The van der Waals surface area contributed by atoms with Gasteiger partial charge in [-0.2, -0.15) is 0 Å². The van der Waals surface area contributed by atoms with Crippen LogP contribution in [0.5, 0.6) is 0 Å². The minimum absolute atomic E-state index is 0.0638. The number of nitrogens with one attached hydrogen (secondary N) is 1. The normalized spacial score (nSPS) is 23.5. The van der Waals surface area contributed by atoms with Gasteiger partial charge in [-0.1, -0.05) is 13.8 Å². The summed E-state index contributed by atoms with van der Waals surface area (Å²) in [5.74, 6) is 2.43. The maximum absolute atomic E-state index is 12.3. The van der Waals surface area contributed by atoms with E-state index in [9.17, 15) is 9.59 Å². The molecule has 1 unspecified atom stereocenters. The van der Waals surface area contributed by atoms with E-state index in [0.717, 1.165) is 0 Å². The van der Waals surface area contributed by atoms with E-state index in [0.29, 0.717) is 13.0 Å². The lowest BCUT2D eigenvalue weighted by Crippen LogP contribution is -2.69. The van der Waals surface area contributed by atoms with E-state index in [1.165, 1.54) is 0 Å². The highest BCUT2D eigenvalue weighted by Crippen LogP contribution is 2.22. The molecule has 2 amide bonds. The zero-order valence-electron chi connectivity index (χ0n) is 10.9. The third kappa shape index (κ3) is 2.60. The van der Waals surface area contributed by atoms with E-state index >= 15 is 0 Å². The second-order valence-electron chi connectivity index (χ2n) is 5.26. The molecular weight excluding hydrogens is 216 g/mol. The molecule has 17 heavy (non-hydrogen) atoms. The van der Waals surface area contributed by atoms with Crippen molar-refractivity contribution in [3.05, 3.63) is 0 Å². The van der Waals surface area contributed by atoms with Gasteiger partial charge in [0.2, 0.25) is 11.8 Å². The first kappa shape index (κ1) is 13.6. The second kappa shape index (κ2) is 4.79. The van der Waals surface area contributed by atoms with Gasteiger partial charge >= 0.3 is 0 Å². The minimum Gasteiger partial charge on any atom is -0.340 e. The Morgan fingerprint density at radius 3 is 2.53 bits per heavy atom. The third-order valence-corrected chi connectivity index (χ3v) is 2.96. The Labute approximate surface area is 103 Å². The van der Waals surface area contributed by atoms with Crippen LogP contribution in [0.2, 0.25) is 0 Å². The summed E-state index contributed by atoms with van der Waals surface area (Å²) in [6.07, 6.45) is 5.70. The predicted molar refractivity (Wildman–Crippen MR) is 66.0 cm³/mol. The van der Waals surface area contributed by atoms with E-state index in [1.807, 2.05) is 13.8 Å². The number of carbonyl (C=O) groups excluding carboxylic acids is 2. The fourth-order valence-electron chi connectivity index (χ4n) is 2.15. The highest BCUT2D eigenvalue weighted by molar-refractivity contribution is 5.99. The molecule has 0 aromatic rings. The summed E-state index contributed by atoms with van der Waals surface area (Å²) in [6.45, 7) is 7.73. The monoisotopic (exact) mass is 236 g/mol. The quantitative estimate of drug-likeness (QED) is 0.736. The molecule has 0 saturated carbocycles. The summed E-state index contributed by atoms with van der Waals surface area (Å²) in [7, 11) is 0. The van der Waals surface area contributed by atoms with Gasteiger partial charge in [0.05, 0.1) is 0 Å². The fourth-order valence-corrected chi connectivity index (χ4v) is 2.15. The number of amides is 2. The Morgan fingerprint density at radius 2 is 2.06 bits per heavy atom. The molecule has 1 aliphatic heterocycles. The van der Waals surface area contributed by atoms with Crippen LogP contribution in [0.1, 0.15) is 34.1 Å². The van der Waals surface area contributed by atoms with Crippen LogP contribution in [0.3, 0.4) is 0 Å².